The molecule has 6 nitrogen and oxygen atoms in total. The summed E-state index contributed by atoms with van der Waals surface area (Å²) in [4.78, 5) is 34.5. The lowest BCUT2D eigenvalue weighted by Gasteiger charge is -2.25. The van der Waals surface area contributed by atoms with Gasteiger partial charge in [-0.15, -0.1) is 11.8 Å². The van der Waals surface area contributed by atoms with Gasteiger partial charge >= 0.3 is 5.97 Å². The van der Waals surface area contributed by atoms with E-state index in [0.29, 0.717) is 5.69 Å². The van der Waals surface area contributed by atoms with Crippen molar-refractivity contribution in [2.45, 2.75) is 24.6 Å². The molecule has 0 unspecified atom stereocenters. The number of benzene rings is 1. The number of nitrogens with one attached hydrogen (secondary N) is 2. The Morgan fingerprint density at radius 2 is 2.05 bits per heavy atom. The van der Waals surface area contributed by atoms with Gasteiger partial charge in [0.05, 0.1) is 5.25 Å². The quantitative estimate of drug-likeness (QED) is 0.771. The second-order valence-corrected chi connectivity index (χ2v) is 6.08. The van der Waals surface area contributed by atoms with Crippen LogP contribution in [0.1, 0.15) is 12.0 Å². The molecule has 1 saturated heterocycles. The Morgan fingerprint density at radius 3 is 2.62 bits per heavy atom. The van der Waals surface area contributed by atoms with Crippen molar-refractivity contribution in [3.8, 4) is 0 Å². The Morgan fingerprint density at radius 1 is 1.38 bits per heavy atom. The van der Waals surface area contributed by atoms with Crippen LogP contribution >= 0.6 is 11.8 Å². The Kier molecular flexibility index (Phi) is 4.85. The number of carboxylic acid groups (broad SMARTS) is 1. The van der Waals surface area contributed by atoms with Crippen LogP contribution in [0.5, 0.6) is 0 Å². The van der Waals surface area contributed by atoms with Crippen LogP contribution in [0.4, 0.5) is 5.69 Å². The van der Waals surface area contributed by atoms with Gasteiger partial charge in [0.25, 0.3) is 0 Å². The summed E-state index contributed by atoms with van der Waals surface area (Å²) in [7, 11) is 0. The third-order valence-corrected chi connectivity index (χ3v) is 4.39. The standard InChI is InChI=1S/C14H16N2O4S/c1-8-2-4-9(5-3-8)15-12(17)6-11-13(18)16-10(7-21-11)14(19)20/h2-5,10-11H,6-7H2,1H3,(H,15,17)(H,16,18)(H,19,20)/t10-,11-/m0/s1. The molecule has 1 aliphatic rings. The van der Waals surface area contributed by atoms with Crippen molar-refractivity contribution in [3.05, 3.63) is 29.8 Å². The lowest BCUT2D eigenvalue weighted by molar-refractivity contribution is -0.141. The first-order chi connectivity index (χ1) is 9.95. The molecule has 21 heavy (non-hydrogen) atoms. The minimum Gasteiger partial charge on any atom is -0.480 e. The fraction of sp³-hybridized carbons (Fsp3) is 0.357. The van der Waals surface area contributed by atoms with Gasteiger partial charge in [0.1, 0.15) is 6.04 Å². The molecule has 1 aliphatic heterocycles. The highest BCUT2D eigenvalue weighted by Gasteiger charge is 2.33. The van der Waals surface area contributed by atoms with E-state index >= 15 is 0 Å². The highest BCUT2D eigenvalue weighted by Crippen LogP contribution is 2.21. The molecule has 0 saturated carbocycles. The van der Waals surface area contributed by atoms with Gasteiger partial charge in [-0.3, -0.25) is 9.59 Å². The Bertz CT molecular complexity index is 559. The molecule has 2 rings (SSSR count). The normalized spacial score (nSPS) is 21.5. The molecule has 2 atom stereocenters. The topological polar surface area (TPSA) is 95.5 Å². The van der Waals surface area contributed by atoms with Gasteiger partial charge in [-0.05, 0) is 19.1 Å². The minimum atomic E-state index is -1.06. The van der Waals surface area contributed by atoms with Gasteiger partial charge in [-0.25, -0.2) is 4.79 Å². The average molecular weight is 308 g/mol. The van der Waals surface area contributed by atoms with Gasteiger partial charge in [0.2, 0.25) is 11.8 Å². The molecule has 7 heteroatoms. The molecule has 0 aromatic heterocycles. The SMILES string of the molecule is Cc1ccc(NC(=O)C[C@@H]2SC[C@@H](C(=O)O)NC2=O)cc1. The molecule has 1 aromatic carbocycles. The number of hydrogen-bond donors (Lipinski definition) is 3. The largest absolute Gasteiger partial charge is 0.480 e. The molecule has 0 radical (unpaired) electrons. The zero-order valence-electron chi connectivity index (χ0n) is 11.5. The molecule has 1 aromatic rings. The average Bonchev–Trinajstić information content (AvgIpc) is 2.43. The number of aliphatic carboxylic acids is 1. The van der Waals surface area contributed by atoms with Crippen LogP contribution in [0.2, 0.25) is 0 Å². The number of anilines is 1. The summed E-state index contributed by atoms with van der Waals surface area (Å²) in [5.74, 6) is -1.46. The summed E-state index contributed by atoms with van der Waals surface area (Å²) < 4.78 is 0. The lowest BCUT2D eigenvalue weighted by atomic mass is 10.2. The van der Waals surface area contributed by atoms with E-state index < -0.39 is 23.2 Å². The van der Waals surface area contributed by atoms with Crippen molar-refractivity contribution in [1.82, 2.24) is 5.32 Å². The molecule has 0 bridgehead atoms. The van der Waals surface area contributed by atoms with Crippen LogP contribution in [0.15, 0.2) is 24.3 Å². The minimum absolute atomic E-state index is 0.0245. The molecule has 0 aliphatic carbocycles. The number of hydrogen-bond acceptors (Lipinski definition) is 4. The summed E-state index contributed by atoms with van der Waals surface area (Å²) in [6.07, 6.45) is 0.0245. The van der Waals surface area contributed by atoms with Crippen molar-refractivity contribution in [1.29, 1.82) is 0 Å². The summed E-state index contributed by atoms with van der Waals surface area (Å²) in [6, 6.07) is 6.48. The first kappa shape index (κ1) is 15.4. The summed E-state index contributed by atoms with van der Waals surface area (Å²) in [5.41, 5.74) is 1.77. The van der Waals surface area contributed by atoms with Crippen LogP contribution in [-0.2, 0) is 14.4 Å². The van der Waals surface area contributed by atoms with Crippen molar-refractivity contribution in [2.75, 3.05) is 11.1 Å². The molecular weight excluding hydrogens is 292 g/mol. The van der Waals surface area contributed by atoms with Crippen LogP contribution in [0, 0.1) is 6.92 Å². The molecule has 1 heterocycles. The predicted octanol–water partition coefficient (Wildman–Crippen LogP) is 1.01. The van der Waals surface area contributed by atoms with E-state index in [4.69, 9.17) is 5.11 Å². The van der Waals surface area contributed by atoms with E-state index in [2.05, 4.69) is 10.6 Å². The molecule has 3 N–H and O–H groups in total. The smallest absolute Gasteiger partial charge is 0.327 e. The fourth-order valence-electron chi connectivity index (χ4n) is 1.90. The number of carbonyl (C=O) groups excluding carboxylic acids is 2. The second kappa shape index (κ2) is 6.62. The number of thioether (sulfide) groups is 1. The highest BCUT2D eigenvalue weighted by molar-refractivity contribution is 8.00. The maximum absolute atomic E-state index is 11.9. The van der Waals surface area contributed by atoms with E-state index in [1.807, 2.05) is 19.1 Å². The van der Waals surface area contributed by atoms with E-state index in [9.17, 15) is 14.4 Å². The van der Waals surface area contributed by atoms with Crippen molar-refractivity contribution in [2.24, 2.45) is 0 Å². The number of amides is 2. The van der Waals surface area contributed by atoms with Crippen molar-refractivity contribution in [3.63, 3.8) is 0 Å². The molecule has 2 amide bonds. The van der Waals surface area contributed by atoms with Crippen LogP contribution < -0.4 is 10.6 Å². The van der Waals surface area contributed by atoms with Gasteiger partial charge in [-0.1, -0.05) is 17.7 Å². The molecular formula is C14H16N2O4S. The third kappa shape index (κ3) is 4.22. The van der Waals surface area contributed by atoms with E-state index in [1.54, 1.807) is 12.1 Å². The highest BCUT2D eigenvalue weighted by atomic mass is 32.2. The third-order valence-electron chi connectivity index (χ3n) is 3.08. The van der Waals surface area contributed by atoms with Gasteiger partial charge in [-0.2, -0.15) is 0 Å². The molecule has 0 spiro atoms. The number of carboxylic acids is 1. The Balaban J connectivity index is 1.87. The second-order valence-electron chi connectivity index (χ2n) is 4.84. The molecule has 1 fully saturated rings. The zero-order valence-corrected chi connectivity index (χ0v) is 12.3. The lowest BCUT2D eigenvalue weighted by Crippen LogP contribution is -2.51. The predicted molar refractivity (Wildman–Crippen MR) is 80.2 cm³/mol. The first-order valence-corrected chi connectivity index (χ1v) is 7.52. The summed E-state index contributed by atoms with van der Waals surface area (Å²) in [6.45, 7) is 1.95. The monoisotopic (exact) mass is 308 g/mol. The first-order valence-electron chi connectivity index (χ1n) is 6.47. The van der Waals surface area contributed by atoms with Gasteiger partial charge < -0.3 is 15.7 Å². The van der Waals surface area contributed by atoms with Crippen LogP contribution in [-0.4, -0.2) is 39.9 Å². The Labute approximate surface area is 126 Å². The van der Waals surface area contributed by atoms with Gasteiger partial charge in [0, 0.05) is 17.9 Å². The van der Waals surface area contributed by atoms with E-state index in [-0.39, 0.29) is 18.1 Å². The maximum atomic E-state index is 11.9. The zero-order chi connectivity index (χ0) is 15.4. The van der Waals surface area contributed by atoms with Crippen LogP contribution in [0.25, 0.3) is 0 Å². The van der Waals surface area contributed by atoms with E-state index in [0.717, 1.165) is 5.56 Å². The van der Waals surface area contributed by atoms with Crippen molar-refractivity contribution >= 4 is 35.2 Å². The molecule has 112 valence electrons. The summed E-state index contributed by atoms with van der Waals surface area (Å²) in [5, 5.41) is 13.4. The summed E-state index contributed by atoms with van der Waals surface area (Å²) >= 11 is 1.20. The van der Waals surface area contributed by atoms with Crippen LogP contribution in [0.3, 0.4) is 0 Å². The van der Waals surface area contributed by atoms with Gasteiger partial charge in [0.15, 0.2) is 0 Å². The number of aryl methyl sites for hydroxylation is 1. The fourth-order valence-corrected chi connectivity index (χ4v) is 3.04. The Hall–Kier alpha value is -2.02. The number of rotatable bonds is 4. The van der Waals surface area contributed by atoms with Crippen molar-refractivity contribution < 1.29 is 19.5 Å². The van der Waals surface area contributed by atoms with E-state index in [1.165, 1.54) is 11.8 Å². The number of carbonyl (C=O) groups is 3. The maximum Gasteiger partial charge on any atom is 0.327 e.